The van der Waals surface area contributed by atoms with Gasteiger partial charge in [0.1, 0.15) is 37.0 Å². The van der Waals surface area contributed by atoms with Crippen LogP contribution in [0.3, 0.4) is 0 Å². The van der Waals surface area contributed by atoms with E-state index in [1.807, 2.05) is 59.7 Å². The van der Waals surface area contributed by atoms with E-state index in [0.29, 0.717) is 117 Å². The number of morpholine rings is 2. The van der Waals surface area contributed by atoms with Crippen LogP contribution in [0.4, 0.5) is 44.5 Å². The number of amides is 2. The summed E-state index contributed by atoms with van der Waals surface area (Å²) in [5.41, 5.74) is 4.24. The van der Waals surface area contributed by atoms with Gasteiger partial charge in [-0.2, -0.15) is 19.9 Å². The van der Waals surface area contributed by atoms with Crippen LogP contribution in [0.2, 0.25) is 0 Å². The third kappa shape index (κ3) is 15.8. The minimum absolute atomic E-state index is 0.0507. The predicted molar refractivity (Wildman–Crippen MR) is 316 cm³/mol. The van der Waals surface area contributed by atoms with Crippen molar-refractivity contribution in [2.24, 2.45) is 0 Å². The molecule has 2 aromatic carbocycles. The zero-order valence-electron chi connectivity index (χ0n) is 45.8. The van der Waals surface area contributed by atoms with Gasteiger partial charge in [-0.3, -0.25) is 0 Å². The molecule has 2 amide bonds. The molecule has 0 saturated carbocycles. The smallest absolute Gasteiger partial charge is 0.410 e. The number of thiazole rings is 2. The van der Waals surface area contributed by atoms with E-state index < -0.39 is 11.2 Å². The Labute approximate surface area is 482 Å². The number of rotatable bonds is 9. The third-order valence-electron chi connectivity index (χ3n) is 12.6. The number of benzene rings is 2. The van der Waals surface area contributed by atoms with Gasteiger partial charge in [0.05, 0.1) is 79.7 Å². The van der Waals surface area contributed by atoms with E-state index in [2.05, 4.69) is 62.7 Å². The molecule has 25 heteroatoms. The average Bonchev–Trinajstić information content (AvgIpc) is 4.11. The molecule has 4 aliphatic rings. The van der Waals surface area contributed by atoms with Crippen molar-refractivity contribution in [1.82, 2.24) is 39.7 Å². The molecule has 0 unspecified atom stereocenters. The Balaban J connectivity index is 0.000000179. The zero-order chi connectivity index (χ0) is 56.3. The van der Waals surface area contributed by atoms with Gasteiger partial charge in [0, 0.05) is 64.4 Å². The summed E-state index contributed by atoms with van der Waals surface area (Å²) in [6, 6.07) is 11.1. The Morgan fingerprint density at radius 1 is 0.671 bits per heavy atom. The standard InChI is InChI=1S/C27H33N7O4S.C19H30IN5O4.C8H4N2S/c1-27(2,3)38-26(35)34-10-6-7-18(16-34)29-22-21(24-30-19-15-17(28-4)8-9-20(19)39-24)23(36-5)32-25(31-22)33-11-13-37-14-12-33;1-19(2,3)29-18(26)25-7-5-6-13(12-25)21-15-14(20)16(27-4)23-17(22-15)24-8-10-28-11-9-24;1-9-6-2-3-8-7(4-6)10-5-11-8/h8-9,15,18H,6-7,10-14,16H2,1-3,5H3,(H,29,31,32);13H,5-12H2,1-4H3,(H,21,22,23);2-5H/t18-;13-;/m11./s1. The second-order valence-corrected chi connectivity index (χ2v) is 23.9. The highest BCUT2D eigenvalue weighted by atomic mass is 127. The normalized spacial score (nSPS) is 17.8. The molecule has 6 aromatic rings. The molecule has 0 spiro atoms. The number of hydrogen-bond donors (Lipinski definition) is 2. The Morgan fingerprint density at radius 2 is 1.16 bits per heavy atom. The molecule has 2 atom stereocenters. The van der Waals surface area contributed by atoms with Gasteiger partial charge in [0.15, 0.2) is 11.4 Å². The van der Waals surface area contributed by atoms with Gasteiger partial charge in [-0.15, -0.1) is 22.7 Å². The number of carbonyl (C=O) groups excluding carboxylic acids is 2. The number of nitrogens with zero attached hydrogens (tertiary/aromatic N) is 12. The summed E-state index contributed by atoms with van der Waals surface area (Å²) >= 11 is 5.29. The molecule has 0 aliphatic carbocycles. The predicted octanol–water partition coefficient (Wildman–Crippen LogP) is 10.5. The lowest BCUT2D eigenvalue weighted by atomic mass is 10.1. The van der Waals surface area contributed by atoms with Gasteiger partial charge in [-0.25, -0.2) is 29.2 Å². The van der Waals surface area contributed by atoms with Crippen LogP contribution in [0.25, 0.3) is 40.7 Å². The number of likely N-dealkylation sites (tertiary alicyclic amines) is 2. The van der Waals surface area contributed by atoms with Gasteiger partial charge >= 0.3 is 12.2 Å². The number of nitrogens with one attached hydrogen (secondary N) is 2. The molecule has 4 aliphatic heterocycles. The van der Waals surface area contributed by atoms with Gasteiger partial charge in [-0.1, -0.05) is 24.3 Å². The van der Waals surface area contributed by atoms with Crippen LogP contribution in [0.1, 0.15) is 67.2 Å². The maximum absolute atomic E-state index is 12.8. The average molecular weight is 1230 g/mol. The molecule has 10 rings (SSSR count). The number of fused-ring (bicyclic) bond motifs is 2. The van der Waals surface area contributed by atoms with Crippen LogP contribution in [-0.4, -0.2) is 168 Å². The van der Waals surface area contributed by atoms with Crippen molar-refractivity contribution < 1.29 is 38.0 Å². The summed E-state index contributed by atoms with van der Waals surface area (Å²) in [5, 5.41) is 7.80. The monoisotopic (exact) mass is 1230 g/mol. The first-order valence-electron chi connectivity index (χ1n) is 26.1. The van der Waals surface area contributed by atoms with E-state index in [-0.39, 0.29) is 24.3 Å². The lowest BCUT2D eigenvalue weighted by molar-refractivity contribution is 0.0196. The second-order valence-electron chi connectivity index (χ2n) is 20.9. The van der Waals surface area contributed by atoms with Crippen molar-refractivity contribution in [3.63, 3.8) is 0 Å². The lowest BCUT2D eigenvalue weighted by Crippen LogP contribution is -2.47. The van der Waals surface area contributed by atoms with E-state index in [0.717, 1.165) is 68.6 Å². The zero-order valence-corrected chi connectivity index (χ0v) is 49.6. The molecule has 22 nitrogen and oxygen atoms in total. The van der Waals surface area contributed by atoms with Crippen LogP contribution >= 0.6 is 45.3 Å². The SMILES string of the molecule is COc1nc(N2CCOCC2)nc(N[C@@H]2CCCN(C(=O)OC(C)(C)C)C2)c1I.[C-]#[N+]c1ccc2sc(-c3c(N[C@@H]4CCCN(C(=O)OC(C)(C)C)C4)nc(N4CCOCC4)nc3OC)nc2c1.[C-]#[N+]c1ccc2scnc2c1. The molecule has 4 aromatic heterocycles. The molecule has 0 radical (unpaired) electrons. The Kier molecular flexibility index (Phi) is 19.7. The summed E-state index contributed by atoms with van der Waals surface area (Å²) < 4.78 is 36.3. The second kappa shape index (κ2) is 26.5. The number of anilines is 4. The quantitative estimate of drug-likeness (QED) is 0.102. The van der Waals surface area contributed by atoms with Crippen molar-refractivity contribution in [1.29, 1.82) is 0 Å². The minimum atomic E-state index is -0.558. The number of hydrogen-bond acceptors (Lipinski definition) is 20. The fourth-order valence-corrected chi connectivity index (χ4v) is 11.2. The molecule has 2 N–H and O–H groups in total. The highest BCUT2D eigenvalue weighted by Crippen LogP contribution is 2.42. The first-order valence-corrected chi connectivity index (χ1v) is 28.9. The van der Waals surface area contributed by atoms with Crippen LogP contribution in [0, 0.1) is 16.7 Å². The molecule has 4 fully saturated rings. The molecule has 4 saturated heterocycles. The van der Waals surface area contributed by atoms with Crippen molar-refractivity contribution in [2.45, 2.75) is 90.5 Å². The van der Waals surface area contributed by atoms with E-state index in [1.54, 1.807) is 59.1 Å². The number of carbonyl (C=O) groups is 2. The maximum Gasteiger partial charge on any atom is 0.410 e. The first-order chi connectivity index (χ1) is 37.9. The molecule has 8 heterocycles. The van der Waals surface area contributed by atoms with Gasteiger partial charge in [0.2, 0.25) is 23.7 Å². The van der Waals surface area contributed by atoms with Gasteiger partial charge < -0.3 is 58.7 Å². The number of halogens is 1. The Bertz CT molecular complexity index is 3160. The van der Waals surface area contributed by atoms with Crippen molar-refractivity contribution in [2.75, 3.05) is 113 Å². The fourth-order valence-electron chi connectivity index (χ4n) is 8.90. The lowest BCUT2D eigenvalue weighted by Gasteiger charge is -2.35. The van der Waals surface area contributed by atoms with E-state index >= 15 is 0 Å². The van der Waals surface area contributed by atoms with Gasteiger partial charge in [0.25, 0.3) is 0 Å². The Morgan fingerprint density at radius 3 is 1.68 bits per heavy atom. The summed E-state index contributed by atoms with van der Waals surface area (Å²) in [4.78, 5) is 67.8. The van der Waals surface area contributed by atoms with Crippen LogP contribution in [0.15, 0.2) is 41.9 Å². The number of ether oxygens (including phenoxy) is 6. The van der Waals surface area contributed by atoms with Gasteiger partial charge in [-0.05, 0) is 102 Å². The molecule has 0 bridgehead atoms. The topological polar surface area (TPSA) is 213 Å². The third-order valence-corrected chi connectivity index (χ3v) is 15.5. The van der Waals surface area contributed by atoms with E-state index in [9.17, 15) is 9.59 Å². The van der Waals surface area contributed by atoms with Crippen molar-refractivity contribution >= 4 is 113 Å². The number of piperidine rings is 2. The largest absolute Gasteiger partial charge is 0.480 e. The summed E-state index contributed by atoms with van der Waals surface area (Å²) in [6.07, 6.45) is 2.98. The summed E-state index contributed by atoms with van der Waals surface area (Å²) in [6.45, 7) is 33.2. The van der Waals surface area contributed by atoms with Crippen LogP contribution in [-0.2, 0) is 18.9 Å². The summed E-state index contributed by atoms with van der Waals surface area (Å²) in [5.74, 6) is 3.48. The molecule has 79 heavy (non-hydrogen) atoms. The molecule has 420 valence electrons. The maximum atomic E-state index is 12.8. The minimum Gasteiger partial charge on any atom is -0.480 e. The van der Waals surface area contributed by atoms with E-state index in [4.69, 9.17) is 61.5 Å². The van der Waals surface area contributed by atoms with Crippen molar-refractivity contribution in [3.8, 4) is 22.3 Å². The molecular formula is C54H67IN14O8S2. The number of aromatic nitrogens is 6. The number of methoxy groups -OCH3 is 2. The van der Waals surface area contributed by atoms with E-state index in [1.165, 1.54) is 11.3 Å². The first kappa shape index (κ1) is 58.5. The van der Waals surface area contributed by atoms with Crippen LogP contribution < -0.4 is 29.9 Å². The van der Waals surface area contributed by atoms with Crippen LogP contribution in [0.5, 0.6) is 11.8 Å². The van der Waals surface area contributed by atoms with Crippen molar-refractivity contribution in [3.05, 3.63) is 68.3 Å². The highest BCUT2D eigenvalue weighted by Gasteiger charge is 2.32. The highest BCUT2D eigenvalue weighted by molar-refractivity contribution is 14.1. The Hall–Kier alpha value is -6.65. The molecular weight excluding hydrogens is 1160 g/mol. The fraction of sp³-hybridized carbons (Fsp3) is 0.519. The summed E-state index contributed by atoms with van der Waals surface area (Å²) in [7, 11) is 3.20.